The van der Waals surface area contributed by atoms with E-state index in [0.717, 1.165) is 110 Å². The fraction of sp³-hybridized carbons (Fsp3) is 0.0154. The molecule has 0 unspecified atom stereocenters. The highest BCUT2D eigenvalue weighted by Crippen LogP contribution is 2.43. The van der Waals surface area contributed by atoms with Crippen LogP contribution < -0.4 is 20.9 Å². The third-order valence-electron chi connectivity index (χ3n) is 14.3. The van der Waals surface area contributed by atoms with Gasteiger partial charge in [-0.2, -0.15) is 0 Å². The van der Waals surface area contributed by atoms with E-state index in [9.17, 15) is 9.59 Å². The monoisotopic (exact) mass is 943 g/mol. The summed E-state index contributed by atoms with van der Waals surface area (Å²) < 4.78 is 22.3. The van der Waals surface area contributed by atoms with Crippen LogP contribution in [0.3, 0.4) is 0 Å². The van der Waals surface area contributed by atoms with Crippen LogP contribution in [0.2, 0.25) is 0 Å². The molecular weight excluding hydrogens is 903 g/mol. The minimum atomic E-state index is -0.422. The maximum Gasteiger partial charge on any atom is 0.344 e. The van der Waals surface area contributed by atoms with Crippen LogP contribution in [0.4, 0.5) is 17.1 Å². The summed E-state index contributed by atoms with van der Waals surface area (Å²) in [5.41, 5.74) is 11.4. The lowest BCUT2D eigenvalue weighted by molar-refractivity contribution is 0.415. The second-order valence-electron chi connectivity index (χ2n) is 18.3. The molecule has 346 valence electrons. The largest absolute Gasteiger partial charge is 0.497 e. The molecule has 8 heteroatoms. The number of hydrogen-bond donors (Lipinski definition) is 0. The first-order chi connectivity index (χ1) is 36.0. The fourth-order valence-corrected chi connectivity index (χ4v) is 10.9. The van der Waals surface area contributed by atoms with E-state index in [1.54, 1.807) is 7.11 Å². The molecule has 4 aromatic heterocycles. The van der Waals surface area contributed by atoms with Gasteiger partial charge in [-0.3, -0.25) is 0 Å². The average molecular weight is 944 g/mol. The Bertz CT molecular complexity index is 4550. The van der Waals surface area contributed by atoms with Crippen molar-refractivity contribution in [3.05, 3.63) is 251 Å². The topological polar surface area (TPSA) is 82.8 Å². The molecule has 0 amide bonds. The highest BCUT2D eigenvalue weighted by molar-refractivity contribution is 6.11. The average Bonchev–Trinajstić information content (AvgIpc) is 3.96. The first-order valence-corrected chi connectivity index (χ1v) is 24.2. The molecule has 0 spiro atoms. The van der Waals surface area contributed by atoms with Gasteiger partial charge in [-0.25, -0.2) is 9.59 Å². The number of fused-ring (bicyclic) bond motifs is 9. The van der Waals surface area contributed by atoms with Crippen molar-refractivity contribution in [2.24, 2.45) is 0 Å². The summed E-state index contributed by atoms with van der Waals surface area (Å²) in [5, 5.41) is 8.10. The van der Waals surface area contributed by atoms with E-state index in [2.05, 4.69) is 111 Å². The number of ether oxygens (including phenoxy) is 1. The van der Waals surface area contributed by atoms with Gasteiger partial charge in [0.1, 0.15) is 16.9 Å². The van der Waals surface area contributed by atoms with Gasteiger partial charge in [-0.15, -0.1) is 0 Å². The quantitative estimate of drug-likeness (QED) is 0.141. The van der Waals surface area contributed by atoms with Gasteiger partial charge < -0.3 is 27.6 Å². The smallest absolute Gasteiger partial charge is 0.344 e. The number of rotatable bonds is 8. The number of benzene rings is 10. The molecule has 14 aromatic rings. The summed E-state index contributed by atoms with van der Waals surface area (Å²) in [7, 11) is 1.65. The van der Waals surface area contributed by atoms with E-state index in [1.165, 1.54) is 0 Å². The van der Waals surface area contributed by atoms with Crippen LogP contribution in [0.15, 0.2) is 249 Å². The van der Waals surface area contributed by atoms with Gasteiger partial charge >= 0.3 is 11.3 Å². The number of nitrogens with zero attached hydrogens (tertiary/aromatic N) is 3. The van der Waals surface area contributed by atoms with Crippen molar-refractivity contribution >= 4 is 93.4 Å². The summed E-state index contributed by atoms with van der Waals surface area (Å²) in [5.74, 6) is 0.731. The van der Waals surface area contributed by atoms with E-state index in [1.807, 2.05) is 133 Å². The Morgan fingerprint density at radius 2 is 0.808 bits per heavy atom. The number of hydrogen-bond acceptors (Lipinski definition) is 6. The summed E-state index contributed by atoms with van der Waals surface area (Å²) in [4.78, 5) is 30.3. The number of para-hydroxylation sites is 4. The van der Waals surface area contributed by atoms with Gasteiger partial charge in [0, 0.05) is 72.6 Å². The predicted molar refractivity (Wildman–Crippen MR) is 297 cm³/mol. The highest BCUT2D eigenvalue weighted by Gasteiger charge is 2.21. The Labute approximate surface area is 417 Å². The molecule has 14 rings (SSSR count). The molecule has 0 bridgehead atoms. The molecule has 8 nitrogen and oxygen atoms in total. The first kappa shape index (κ1) is 42.0. The van der Waals surface area contributed by atoms with Gasteiger partial charge in [-0.1, -0.05) is 115 Å². The predicted octanol–water partition coefficient (Wildman–Crippen LogP) is 16.1. The third-order valence-corrected chi connectivity index (χ3v) is 14.3. The normalized spacial score (nSPS) is 11.7. The van der Waals surface area contributed by atoms with Gasteiger partial charge in [0.2, 0.25) is 0 Å². The molecule has 0 aliphatic carbocycles. The molecule has 4 heterocycles. The molecule has 0 aliphatic heterocycles. The van der Waals surface area contributed by atoms with Crippen molar-refractivity contribution in [3.63, 3.8) is 0 Å². The van der Waals surface area contributed by atoms with Crippen LogP contribution in [0, 0.1) is 0 Å². The second-order valence-corrected chi connectivity index (χ2v) is 18.3. The number of aromatic nitrogens is 2. The van der Waals surface area contributed by atoms with Crippen LogP contribution in [0.1, 0.15) is 0 Å². The Morgan fingerprint density at radius 1 is 0.384 bits per heavy atom. The maximum absolute atomic E-state index is 14.2. The zero-order valence-corrected chi connectivity index (χ0v) is 39.3. The molecule has 0 saturated carbocycles. The van der Waals surface area contributed by atoms with E-state index in [4.69, 9.17) is 13.6 Å². The van der Waals surface area contributed by atoms with Gasteiger partial charge in [0.25, 0.3) is 0 Å². The maximum atomic E-state index is 14.2. The SMILES string of the molecule is COc1ccc(N(c2ccc(-c3cc4ccc(-n5c6ccccc6c6ccccc65)cc4oc3=O)cc2)c2ccc(-c3cc4ccc(-n5c6ccccc6c6ccccc65)cc4oc3=O)c3ccccc23)cc1. The number of anilines is 3. The standard InChI is InChI=1S/C65H41N3O5/c1-71-47-32-30-44(31-33-47)66(43-26-22-40(23-27-43)55-36-41-24-28-45(38-62(41)72-64(55)69)67-57-18-8-4-14-51(57)52-15-5-9-19-58(52)67)61-35-34-49(48-12-2-3-13-50(48)61)56-37-42-25-29-46(39-63(42)73-65(56)70)68-59-20-10-6-16-53(59)54-17-7-11-21-60(54)68/h2-39H,1H3. The van der Waals surface area contributed by atoms with Crippen molar-refractivity contribution in [1.29, 1.82) is 0 Å². The van der Waals surface area contributed by atoms with Crippen molar-refractivity contribution in [2.75, 3.05) is 12.0 Å². The molecule has 0 radical (unpaired) electrons. The minimum Gasteiger partial charge on any atom is -0.497 e. The molecule has 0 N–H and O–H groups in total. The second kappa shape index (κ2) is 16.6. The van der Waals surface area contributed by atoms with Crippen molar-refractivity contribution < 1.29 is 13.6 Å². The summed E-state index contributed by atoms with van der Waals surface area (Å²) in [6.07, 6.45) is 0. The summed E-state index contributed by atoms with van der Waals surface area (Å²) in [6, 6.07) is 77.4. The molecule has 10 aromatic carbocycles. The Hall–Kier alpha value is -9.92. The third kappa shape index (κ3) is 6.76. The molecule has 0 fully saturated rings. The van der Waals surface area contributed by atoms with Crippen LogP contribution in [0.25, 0.3) is 110 Å². The van der Waals surface area contributed by atoms with Gasteiger partial charge in [0.05, 0.1) is 46.0 Å². The Kier molecular flexibility index (Phi) is 9.56. The van der Waals surface area contributed by atoms with Gasteiger partial charge in [-0.05, 0) is 120 Å². The van der Waals surface area contributed by atoms with Crippen LogP contribution in [-0.4, -0.2) is 16.2 Å². The Morgan fingerprint density at radius 3 is 1.30 bits per heavy atom. The Balaban J connectivity index is 0.835. The van der Waals surface area contributed by atoms with E-state index >= 15 is 0 Å². The van der Waals surface area contributed by atoms with E-state index < -0.39 is 11.3 Å². The summed E-state index contributed by atoms with van der Waals surface area (Å²) in [6.45, 7) is 0. The van der Waals surface area contributed by atoms with Crippen LogP contribution in [0.5, 0.6) is 5.75 Å². The van der Waals surface area contributed by atoms with Crippen LogP contribution >= 0.6 is 0 Å². The zero-order valence-electron chi connectivity index (χ0n) is 39.3. The lowest BCUT2D eigenvalue weighted by Gasteiger charge is -2.27. The van der Waals surface area contributed by atoms with Gasteiger partial charge in [0.15, 0.2) is 0 Å². The lowest BCUT2D eigenvalue weighted by atomic mass is 9.96. The molecule has 73 heavy (non-hydrogen) atoms. The zero-order chi connectivity index (χ0) is 48.7. The summed E-state index contributed by atoms with van der Waals surface area (Å²) >= 11 is 0. The van der Waals surface area contributed by atoms with Crippen molar-refractivity contribution in [1.82, 2.24) is 9.13 Å². The van der Waals surface area contributed by atoms with E-state index in [0.29, 0.717) is 22.3 Å². The molecule has 0 saturated heterocycles. The fourth-order valence-electron chi connectivity index (χ4n) is 10.9. The minimum absolute atomic E-state index is 0.421. The van der Waals surface area contributed by atoms with Crippen molar-refractivity contribution in [3.8, 4) is 39.4 Å². The number of methoxy groups -OCH3 is 1. The highest BCUT2D eigenvalue weighted by atomic mass is 16.5. The van der Waals surface area contributed by atoms with E-state index in [-0.39, 0.29) is 0 Å². The van der Waals surface area contributed by atoms with Crippen molar-refractivity contribution in [2.45, 2.75) is 0 Å². The first-order valence-electron chi connectivity index (χ1n) is 24.2. The molecule has 0 aliphatic rings. The molecule has 0 atom stereocenters. The molecular formula is C65H41N3O5. The lowest BCUT2D eigenvalue weighted by Crippen LogP contribution is -2.11. The van der Waals surface area contributed by atoms with Crippen LogP contribution in [-0.2, 0) is 0 Å².